The molecule has 0 aliphatic heterocycles. The Hall–Kier alpha value is -1.85. The molecule has 0 saturated carbocycles. The molecular formula is C13H22N4O2. The summed E-state index contributed by atoms with van der Waals surface area (Å²) in [7, 11) is 3.43. The van der Waals surface area contributed by atoms with Crippen molar-refractivity contribution in [3.05, 3.63) is 22.2 Å². The van der Waals surface area contributed by atoms with Crippen molar-refractivity contribution < 1.29 is 4.79 Å². The Labute approximate surface area is 113 Å². The fourth-order valence-corrected chi connectivity index (χ4v) is 1.67. The monoisotopic (exact) mass is 266 g/mol. The van der Waals surface area contributed by atoms with E-state index in [0.717, 1.165) is 6.42 Å². The summed E-state index contributed by atoms with van der Waals surface area (Å²) in [6, 6.07) is 1.44. The molecule has 19 heavy (non-hydrogen) atoms. The fourth-order valence-electron chi connectivity index (χ4n) is 1.67. The summed E-state index contributed by atoms with van der Waals surface area (Å²) in [5.41, 5.74) is -0.180. The summed E-state index contributed by atoms with van der Waals surface area (Å²) in [5.74, 6) is 1.20. The van der Waals surface area contributed by atoms with Crippen LogP contribution in [0.2, 0.25) is 0 Å². The standard InChI is InChI=1S/C13H22N4O2/c1-5-7-17(9-13(19)16(3)4)11-8-12(18)15-10(6-2)14-11/h8H,5-7,9H2,1-4H3,(H,14,15,18). The molecular weight excluding hydrogens is 244 g/mol. The highest BCUT2D eigenvalue weighted by molar-refractivity contribution is 5.80. The van der Waals surface area contributed by atoms with Crippen LogP contribution in [0.1, 0.15) is 26.1 Å². The summed E-state index contributed by atoms with van der Waals surface area (Å²) in [6.45, 7) is 4.89. The van der Waals surface area contributed by atoms with E-state index >= 15 is 0 Å². The van der Waals surface area contributed by atoms with Crippen molar-refractivity contribution in [2.75, 3.05) is 32.1 Å². The molecule has 1 aromatic rings. The van der Waals surface area contributed by atoms with Gasteiger partial charge in [0.05, 0.1) is 6.54 Å². The number of H-pyrrole nitrogens is 1. The molecule has 0 bridgehead atoms. The van der Waals surface area contributed by atoms with Crippen LogP contribution >= 0.6 is 0 Å². The van der Waals surface area contributed by atoms with Gasteiger partial charge in [0.1, 0.15) is 11.6 Å². The number of rotatable bonds is 6. The van der Waals surface area contributed by atoms with Crippen LogP contribution in [0, 0.1) is 0 Å². The number of carbonyl (C=O) groups is 1. The van der Waals surface area contributed by atoms with Gasteiger partial charge in [-0.2, -0.15) is 0 Å². The van der Waals surface area contributed by atoms with Gasteiger partial charge in [-0.3, -0.25) is 9.59 Å². The van der Waals surface area contributed by atoms with Crippen LogP contribution in [-0.2, 0) is 11.2 Å². The van der Waals surface area contributed by atoms with Crippen molar-refractivity contribution in [1.29, 1.82) is 0 Å². The lowest BCUT2D eigenvalue weighted by Gasteiger charge is -2.24. The first-order valence-corrected chi connectivity index (χ1v) is 6.53. The van der Waals surface area contributed by atoms with E-state index < -0.39 is 0 Å². The number of hydrogen-bond acceptors (Lipinski definition) is 4. The first-order chi connectivity index (χ1) is 8.97. The van der Waals surface area contributed by atoms with Gasteiger partial charge in [-0.15, -0.1) is 0 Å². The highest BCUT2D eigenvalue weighted by Crippen LogP contribution is 2.09. The summed E-state index contributed by atoms with van der Waals surface area (Å²) >= 11 is 0. The second-order valence-electron chi connectivity index (χ2n) is 4.61. The highest BCUT2D eigenvalue weighted by Gasteiger charge is 2.14. The van der Waals surface area contributed by atoms with Gasteiger partial charge >= 0.3 is 0 Å². The number of nitrogens with one attached hydrogen (secondary N) is 1. The number of nitrogens with zero attached hydrogens (tertiary/aromatic N) is 3. The van der Waals surface area contributed by atoms with Gasteiger partial charge in [-0.25, -0.2) is 4.98 Å². The van der Waals surface area contributed by atoms with Crippen LogP contribution in [0.4, 0.5) is 5.82 Å². The Kier molecular flexibility index (Phi) is 5.54. The molecule has 0 fully saturated rings. The number of aromatic amines is 1. The highest BCUT2D eigenvalue weighted by atomic mass is 16.2. The SMILES string of the molecule is CCCN(CC(=O)N(C)C)c1cc(=O)[nH]c(CC)n1. The quantitative estimate of drug-likeness (QED) is 0.820. The van der Waals surface area contributed by atoms with E-state index in [1.165, 1.54) is 11.0 Å². The Bertz CT molecular complexity index is 482. The third-order valence-corrected chi connectivity index (χ3v) is 2.75. The Morgan fingerprint density at radius 1 is 1.37 bits per heavy atom. The zero-order valence-corrected chi connectivity index (χ0v) is 12.1. The molecule has 0 aromatic carbocycles. The Balaban J connectivity index is 3.01. The van der Waals surface area contributed by atoms with E-state index in [2.05, 4.69) is 9.97 Å². The van der Waals surface area contributed by atoms with Crippen LogP contribution < -0.4 is 10.5 Å². The molecule has 1 heterocycles. The number of carbonyl (C=O) groups excluding carboxylic acids is 1. The molecule has 6 nitrogen and oxygen atoms in total. The molecule has 0 unspecified atom stereocenters. The van der Waals surface area contributed by atoms with Gasteiger partial charge < -0.3 is 14.8 Å². The average molecular weight is 266 g/mol. The molecule has 0 aliphatic carbocycles. The number of likely N-dealkylation sites (N-methyl/N-ethyl adjacent to an activating group) is 1. The first-order valence-electron chi connectivity index (χ1n) is 6.53. The van der Waals surface area contributed by atoms with E-state index in [1.54, 1.807) is 14.1 Å². The molecule has 1 aromatic heterocycles. The van der Waals surface area contributed by atoms with Crippen LogP contribution in [0.3, 0.4) is 0 Å². The Morgan fingerprint density at radius 3 is 2.58 bits per heavy atom. The molecule has 0 aliphatic rings. The predicted octanol–water partition coefficient (Wildman–Crippen LogP) is 0.637. The van der Waals surface area contributed by atoms with Crippen LogP contribution in [0.5, 0.6) is 0 Å². The van der Waals surface area contributed by atoms with Gasteiger partial charge in [0.15, 0.2) is 0 Å². The van der Waals surface area contributed by atoms with E-state index in [1.807, 2.05) is 18.7 Å². The maximum atomic E-state index is 11.8. The minimum absolute atomic E-state index is 0.00594. The lowest BCUT2D eigenvalue weighted by Crippen LogP contribution is -2.38. The number of amides is 1. The number of aryl methyl sites for hydroxylation is 1. The molecule has 0 radical (unpaired) electrons. The molecule has 106 valence electrons. The predicted molar refractivity (Wildman–Crippen MR) is 75.4 cm³/mol. The topological polar surface area (TPSA) is 69.3 Å². The van der Waals surface area contributed by atoms with Crippen molar-refractivity contribution in [2.24, 2.45) is 0 Å². The molecule has 6 heteroatoms. The zero-order chi connectivity index (χ0) is 14.4. The summed E-state index contributed by atoms with van der Waals surface area (Å²) in [5, 5.41) is 0. The lowest BCUT2D eigenvalue weighted by molar-refractivity contribution is -0.127. The van der Waals surface area contributed by atoms with E-state index in [0.29, 0.717) is 24.6 Å². The normalized spacial score (nSPS) is 10.3. The summed E-state index contributed by atoms with van der Waals surface area (Å²) in [4.78, 5) is 33.8. The average Bonchev–Trinajstić information content (AvgIpc) is 2.37. The smallest absolute Gasteiger partial charge is 0.252 e. The zero-order valence-electron chi connectivity index (χ0n) is 12.1. The molecule has 1 N–H and O–H groups in total. The van der Waals surface area contributed by atoms with E-state index in [-0.39, 0.29) is 18.0 Å². The Morgan fingerprint density at radius 2 is 2.05 bits per heavy atom. The molecule has 0 spiro atoms. The molecule has 0 saturated heterocycles. The van der Waals surface area contributed by atoms with Crippen LogP contribution in [0.15, 0.2) is 10.9 Å². The molecule has 0 atom stereocenters. The minimum atomic E-state index is -0.180. The van der Waals surface area contributed by atoms with Crippen LogP contribution in [0.25, 0.3) is 0 Å². The van der Waals surface area contributed by atoms with Gasteiger partial charge in [0.25, 0.3) is 5.56 Å². The second kappa shape index (κ2) is 6.92. The molecule has 1 rings (SSSR count). The summed E-state index contributed by atoms with van der Waals surface area (Å²) < 4.78 is 0. The number of anilines is 1. The first kappa shape index (κ1) is 15.2. The lowest BCUT2D eigenvalue weighted by atomic mass is 10.3. The van der Waals surface area contributed by atoms with Gasteiger partial charge in [0.2, 0.25) is 5.91 Å². The number of hydrogen-bond donors (Lipinski definition) is 1. The van der Waals surface area contributed by atoms with Crippen LogP contribution in [-0.4, -0.2) is 48.0 Å². The third-order valence-electron chi connectivity index (χ3n) is 2.75. The van der Waals surface area contributed by atoms with Gasteiger partial charge in [0, 0.05) is 33.1 Å². The van der Waals surface area contributed by atoms with Crippen molar-refractivity contribution in [1.82, 2.24) is 14.9 Å². The van der Waals surface area contributed by atoms with E-state index in [9.17, 15) is 9.59 Å². The fraction of sp³-hybridized carbons (Fsp3) is 0.615. The third kappa shape index (κ3) is 4.39. The van der Waals surface area contributed by atoms with Crippen molar-refractivity contribution in [2.45, 2.75) is 26.7 Å². The van der Waals surface area contributed by atoms with Crippen molar-refractivity contribution >= 4 is 11.7 Å². The summed E-state index contributed by atoms with van der Waals surface area (Å²) in [6.07, 6.45) is 1.54. The maximum Gasteiger partial charge on any atom is 0.252 e. The maximum absolute atomic E-state index is 11.8. The molecule has 1 amide bonds. The van der Waals surface area contributed by atoms with Gasteiger partial charge in [-0.05, 0) is 6.42 Å². The minimum Gasteiger partial charge on any atom is -0.347 e. The van der Waals surface area contributed by atoms with E-state index in [4.69, 9.17) is 0 Å². The number of aromatic nitrogens is 2. The second-order valence-corrected chi connectivity index (χ2v) is 4.61. The van der Waals surface area contributed by atoms with Gasteiger partial charge in [-0.1, -0.05) is 13.8 Å². The largest absolute Gasteiger partial charge is 0.347 e. The van der Waals surface area contributed by atoms with Crippen molar-refractivity contribution in [3.8, 4) is 0 Å². The van der Waals surface area contributed by atoms with Crippen molar-refractivity contribution in [3.63, 3.8) is 0 Å².